The van der Waals surface area contributed by atoms with Crippen molar-refractivity contribution in [3.8, 4) is 0 Å². The summed E-state index contributed by atoms with van der Waals surface area (Å²) in [5, 5.41) is 0. The third-order valence-corrected chi connectivity index (χ3v) is 3.99. The molecular formula is C12H20N2O3. The lowest BCUT2D eigenvalue weighted by Crippen LogP contribution is -2.48. The first-order valence-electron chi connectivity index (χ1n) is 6.20. The number of ether oxygens (including phenoxy) is 1. The average molecular weight is 240 g/mol. The smallest absolute Gasteiger partial charge is 0.236 e. The van der Waals surface area contributed by atoms with E-state index >= 15 is 0 Å². The second kappa shape index (κ2) is 4.74. The minimum atomic E-state index is -0.405. The van der Waals surface area contributed by atoms with Crippen molar-refractivity contribution in [3.63, 3.8) is 0 Å². The zero-order chi connectivity index (χ0) is 12.5. The predicted octanol–water partition coefficient (Wildman–Crippen LogP) is 0.279. The maximum Gasteiger partial charge on any atom is 0.236 e. The van der Waals surface area contributed by atoms with Crippen molar-refractivity contribution >= 4 is 11.8 Å². The van der Waals surface area contributed by atoms with Crippen LogP contribution in [0.5, 0.6) is 0 Å². The van der Waals surface area contributed by atoms with E-state index in [0.29, 0.717) is 13.0 Å². The number of imide groups is 1. The molecule has 0 aromatic heterocycles. The summed E-state index contributed by atoms with van der Waals surface area (Å²) < 4.78 is 5.03. The molecule has 1 aliphatic carbocycles. The number of amides is 2. The molecule has 1 atom stereocenters. The lowest BCUT2D eigenvalue weighted by atomic mass is 9.84. The normalized spacial score (nSPS) is 24.9. The van der Waals surface area contributed by atoms with E-state index in [0.717, 1.165) is 25.7 Å². The SMILES string of the molecule is COCC(CN)N1C(=O)CC2(CCCC2)C1=O. The molecule has 2 fully saturated rings. The average Bonchev–Trinajstić information content (AvgIpc) is 2.85. The second-order valence-corrected chi connectivity index (χ2v) is 5.08. The van der Waals surface area contributed by atoms with Crippen LogP contribution in [-0.2, 0) is 14.3 Å². The first-order valence-corrected chi connectivity index (χ1v) is 6.20. The number of carbonyl (C=O) groups excluding carboxylic acids is 2. The van der Waals surface area contributed by atoms with Gasteiger partial charge in [-0.1, -0.05) is 12.8 Å². The molecule has 0 aromatic rings. The molecule has 1 spiro atoms. The summed E-state index contributed by atoms with van der Waals surface area (Å²) in [6.45, 7) is 0.589. The summed E-state index contributed by atoms with van der Waals surface area (Å²) in [6, 6.07) is -0.306. The van der Waals surface area contributed by atoms with Gasteiger partial charge in [-0.15, -0.1) is 0 Å². The highest BCUT2D eigenvalue weighted by atomic mass is 16.5. The first-order chi connectivity index (χ1) is 8.14. The standard InChI is InChI=1S/C12H20N2O3/c1-17-8-9(7-13)14-10(15)6-12(11(14)16)4-2-3-5-12/h9H,2-8,13H2,1H3. The zero-order valence-corrected chi connectivity index (χ0v) is 10.3. The summed E-state index contributed by atoms with van der Waals surface area (Å²) in [5.74, 6) is -0.100. The van der Waals surface area contributed by atoms with Crippen molar-refractivity contribution in [2.24, 2.45) is 11.1 Å². The lowest BCUT2D eigenvalue weighted by molar-refractivity contribution is -0.145. The van der Waals surface area contributed by atoms with E-state index in [-0.39, 0.29) is 24.4 Å². The Morgan fingerprint density at radius 3 is 2.59 bits per heavy atom. The van der Waals surface area contributed by atoms with Crippen molar-refractivity contribution in [3.05, 3.63) is 0 Å². The van der Waals surface area contributed by atoms with E-state index in [2.05, 4.69) is 0 Å². The molecule has 5 heteroatoms. The molecule has 0 aromatic carbocycles. The number of rotatable bonds is 4. The highest BCUT2D eigenvalue weighted by Crippen LogP contribution is 2.47. The molecule has 2 N–H and O–H groups in total. The van der Waals surface area contributed by atoms with Crippen molar-refractivity contribution in [1.82, 2.24) is 4.90 Å². The Morgan fingerprint density at radius 1 is 1.41 bits per heavy atom. The number of methoxy groups -OCH3 is 1. The second-order valence-electron chi connectivity index (χ2n) is 5.08. The van der Waals surface area contributed by atoms with E-state index in [1.165, 1.54) is 4.90 Å². The van der Waals surface area contributed by atoms with Crippen LogP contribution in [0.2, 0.25) is 0 Å². The summed E-state index contributed by atoms with van der Waals surface area (Å²) in [5.41, 5.74) is 5.22. The molecule has 1 aliphatic heterocycles. The molecule has 0 bridgehead atoms. The molecule has 1 unspecified atom stereocenters. The summed E-state index contributed by atoms with van der Waals surface area (Å²) in [6.07, 6.45) is 4.15. The van der Waals surface area contributed by atoms with Gasteiger partial charge in [0.05, 0.1) is 18.1 Å². The Labute approximate surface area is 101 Å². The van der Waals surface area contributed by atoms with Crippen molar-refractivity contribution in [1.29, 1.82) is 0 Å². The molecule has 0 radical (unpaired) electrons. The fourth-order valence-corrected chi connectivity index (χ4v) is 3.07. The number of nitrogens with two attached hydrogens (primary N) is 1. The van der Waals surface area contributed by atoms with Crippen LogP contribution in [0.25, 0.3) is 0 Å². The van der Waals surface area contributed by atoms with Crippen LogP contribution in [0.3, 0.4) is 0 Å². The Kier molecular flexibility index (Phi) is 3.49. The minimum Gasteiger partial charge on any atom is -0.382 e. The summed E-state index contributed by atoms with van der Waals surface area (Å²) in [4.78, 5) is 25.8. The maximum absolute atomic E-state index is 12.4. The van der Waals surface area contributed by atoms with Gasteiger partial charge < -0.3 is 10.5 Å². The molecule has 1 saturated carbocycles. The minimum absolute atomic E-state index is 0.0208. The highest BCUT2D eigenvalue weighted by molar-refractivity contribution is 6.06. The summed E-state index contributed by atoms with van der Waals surface area (Å²) in [7, 11) is 1.55. The van der Waals surface area contributed by atoms with Crippen LogP contribution < -0.4 is 5.73 Å². The van der Waals surface area contributed by atoms with E-state index in [9.17, 15) is 9.59 Å². The summed E-state index contributed by atoms with van der Waals surface area (Å²) >= 11 is 0. The van der Waals surface area contributed by atoms with Crippen molar-refractivity contribution in [2.75, 3.05) is 20.3 Å². The van der Waals surface area contributed by atoms with Gasteiger partial charge in [0.2, 0.25) is 11.8 Å². The van der Waals surface area contributed by atoms with Crippen molar-refractivity contribution < 1.29 is 14.3 Å². The van der Waals surface area contributed by atoms with Crippen LogP contribution in [0.4, 0.5) is 0 Å². The van der Waals surface area contributed by atoms with Gasteiger partial charge in [-0.2, -0.15) is 0 Å². The molecule has 96 valence electrons. The van der Waals surface area contributed by atoms with Crippen LogP contribution in [0, 0.1) is 5.41 Å². The molecule has 2 aliphatic rings. The van der Waals surface area contributed by atoms with Crippen LogP contribution in [0.15, 0.2) is 0 Å². The quantitative estimate of drug-likeness (QED) is 0.716. The number of hydrogen-bond donors (Lipinski definition) is 1. The van der Waals surface area contributed by atoms with E-state index in [1.807, 2.05) is 0 Å². The van der Waals surface area contributed by atoms with Gasteiger partial charge in [-0.3, -0.25) is 14.5 Å². The Hall–Kier alpha value is -0.940. The van der Waals surface area contributed by atoms with E-state index in [1.54, 1.807) is 7.11 Å². The Bertz CT molecular complexity index is 324. The number of carbonyl (C=O) groups is 2. The molecule has 2 rings (SSSR count). The van der Waals surface area contributed by atoms with Gasteiger partial charge in [0, 0.05) is 20.1 Å². The van der Waals surface area contributed by atoms with Gasteiger partial charge >= 0.3 is 0 Å². The van der Waals surface area contributed by atoms with E-state index in [4.69, 9.17) is 10.5 Å². The molecule has 17 heavy (non-hydrogen) atoms. The largest absolute Gasteiger partial charge is 0.382 e. The first kappa shape index (κ1) is 12.5. The number of hydrogen-bond acceptors (Lipinski definition) is 4. The van der Waals surface area contributed by atoms with Crippen LogP contribution >= 0.6 is 0 Å². The molecule has 1 saturated heterocycles. The molecule has 1 heterocycles. The topological polar surface area (TPSA) is 72.6 Å². The number of nitrogens with zero attached hydrogens (tertiary/aromatic N) is 1. The van der Waals surface area contributed by atoms with Crippen LogP contribution in [0.1, 0.15) is 32.1 Å². The van der Waals surface area contributed by atoms with Crippen molar-refractivity contribution in [2.45, 2.75) is 38.1 Å². The van der Waals surface area contributed by atoms with Crippen LogP contribution in [-0.4, -0.2) is 43.0 Å². The highest BCUT2D eigenvalue weighted by Gasteiger charge is 2.54. The van der Waals surface area contributed by atoms with Gasteiger partial charge in [0.1, 0.15) is 0 Å². The molecule has 2 amide bonds. The molecule has 5 nitrogen and oxygen atoms in total. The zero-order valence-electron chi connectivity index (χ0n) is 10.3. The lowest BCUT2D eigenvalue weighted by Gasteiger charge is -2.27. The third kappa shape index (κ3) is 1.98. The molecular weight excluding hydrogens is 220 g/mol. The fraction of sp³-hybridized carbons (Fsp3) is 0.833. The monoisotopic (exact) mass is 240 g/mol. The van der Waals surface area contributed by atoms with Gasteiger partial charge in [0.25, 0.3) is 0 Å². The van der Waals surface area contributed by atoms with E-state index < -0.39 is 5.41 Å². The van der Waals surface area contributed by atoms with Gasteiger partial charge in [0.15, 0.2) is 0 Å². The Balaban J connectivity index is 2.18. The van der Waals surface area contributed by atoms with Gasteiger partial charge in [-0.25, -0.2) is 0 Å². The fourth-order valence-electron chi connectivity index (χ4n) is 3.07. The number of likely N-dealkylation sites (tertiary alicyclic amines) is 1. The third-order valence-electron chi connectivity index (χ3n) is 3.99. The maximum atomic E-state index is 12.4. The van der Waals surface area contributed by atoms with Gasteiger partial charge in [-0.05, 0) is 12.8 Å². The Morgan fingerprint density at radius 2 is 2.06 bits per heavy atom. The predicted molar refractivity (Wildman–Crippen MR) is 62.1 cm³/mol.